The quantitative estimate of drug-likeness (QED) is 0.855. The Balaban J connectivity index is 1.71. The SMILES string of the molecule is CC(=O)c1ccc(-c2ccc(C(=O)NC3CCS(=O)(=O)C3)o2)cc1. The number of amides is 1. The van der Waals surface area contributed by atoms with Crippen molar-refractivity contribution in [2.45, 2.75) is 19.4 Å². The van der Waals surface area contributed by atoms with Crippen molar-refractivity contribution in [1.29, 1.82) is 0 Å². The molecule has 0 radical (unpaired) electrons. The van der Waals surface area contributed by atoms with Gasteiger partial charge in [-0.05, 0) is 25.5 Å². The van der Waals surface area contributed by atoms with Crippen LogP contribution in [0.2, 0.25) is 0 Å². The van der Waals surface area contributed by atoms with Crippen LogP contribution in [-0.2, 0) is 9.84 Å². The van der Waals surface area contributed by atoms with Crippen LogP contribution in [0.5, 0.6) is 0 Å². The second-order valence-corrected chi connectivity index (χ2v) is 8.10. The molecule has 24 heavy (non-hydrogen) atoms. The van der Waals surface area contributed by atoms with Crippen molar-refractivity contribution >= 4 is 21.5 Å². The largest absolute Gasteiger partial charge is 0.451 e. The van der Waals surface area contributed by atoms with E-state index < -0.39 is 15.7 Å². The molecule has 1 N–H and O–H groups in total. The molecule has 126 valence electrons. The first kappa shape index (κ1) is 16.4. The molecule has 0 aliphatic carbocycles. The molecule has 1 fully saturated rings. The lowest BCUT2D eigenvalue weighted by Crippen LogP contribution is -2.35. The highest BCUT2D eigenvalue weighted by Gasteiger charge is 2.29. The van der Waals surface area contributed by atoms with E-state index in [2.05, 4.69) is 5.32 Å². The van der Waals surface area contributed by atoms with E-state index in [-0.39, 0.29) is 29.1 Å². The highest BCUT2D eigenvalue weighted by Crippen LogP contribution is 2.23. The van der Waals surface area contributed by atoms with Crippen LogP contribution in [0.15, 0.2) is 40.8 Å². The van der Waals surface area contributed by atoms with Crippen molar-refractivity contribution < 1.29 is 22.4 Å². The first-order valence-electron chi connectivity index (χ1n) is 7.56. The number of carbonyl (C=O) groups is 2. The summed E-state index contributed by atoms with van der Waals surface area (Å²) in [5, 5.41) is 2.68. The second kappa shape index (κ2) is 6.24. The van der Waals surface area contributed by atoms with E-state index in [1.54, 1.807) is 36.4 Å². The number of benzene rings is 1. The van der Waals surface area contributed by atoms with E-state index >= 15 is 0 Å². The number of nitrogens with one attached hydrogen (secondary N) is 1. The predicted molar refractivity (Wildman–Crippen MR) is 88.7 cm³/mol. The summed E-state index contributed by atoms with van der Waals surface area (Å²) in [6, 6.07) is 9.75. The third kappa shape index (κ3) is 3.56. The van der Waals surface area contributed by atoms with E-state index in [1.807, 2.05) is 0 Å². The molecule has 0 bridgehead atoms. The zero-order valence-electron chi connectivity index (χ0n) is 13.1. The number of carbonyl (C=O) groups excluding carboxylic acids is 2. The van der Waals surface area contributed by atoms with Crippen LogP contribution in [0.1, 0.15) is 34.3 Å². The zero-order chi connectivity index (χ0) is 17.3. The minimum absolute atomic E-state index is 0.0208. The van der Waals surface area contributed by atoms with Gasteiger partial charge in [0, 0.05) is 17.2 Å². The molecule has 1 amide bonds. The molecule has 3 rings (SSSR count). The molecule has 1 atom stereocenters. The molecule has 7 heteroatoms. The monoisotopic (exact) mass is 347 g/mol. The Hall–Kier alpha value is -2.41. The van der Waals surface area contributed by atoms with Crippen molar-refractivity contribution in [2.75, 3.05) is 11.5 Å². The molecule has 1 aromatic carbocycles. The second-order valence-electron chi connectivity index (χ2n) is 5.87. The van der Waals surface area contributed by atoms with Crippen LogP contribution >= 0.6 is 0 Å². The third-order valence-corrected chi connectivity index (χ3v) is 5.74. The van der Waals surface area contributed by atoms with Gasteiger partial charge in [0.15, 0.2) is 21.4 Å². The maximum Gasteiger partial charge on any atom is 0.287 e. The lowest BCUT2D eigenvalue weighted by atomic mass is 10.1. The fraction of sp³-hybridized carbons (Fsp3) is 0.294. The lowest BCUT2D eigenvalue weighted by molar-refractivity contribution is 0.0913. The van der Waals surface area contributed by atoms with Crippen molar-refractivity contribution in [1.82, 2.24) is 5.32 Å². The van der Waals surface area contributed by atoms with Crippen molar-refractivity contribution in [3.63, 3.8) is 0 Å². The van der Waals surface area contributed by atoms with Crippen LogP contribution in [0.3, 0.4) is 0 Å². The highest BCUT2D eigenvalue weighted by molar-refractivity contribution is 7.91. The Labute approximate surface area is 139 Å². The average molecular weight is 347 g/mol. The Morgan fingerprint density at radius 3 is 2.42 bits per heavy atom. The van der Waals surface area contributed by atoms with Crippen LogP contribution in [0.4, 0.5) is 0 Å². The van der Waals surface area contributed by atoms with E-state index in [0.717, 1.165) is 5.56 Å². The molecule has 1 unspecified atom stereocenters. The van der Waals surface area contributed by atoms with E-state index in [9.17, 15) is 18.0 Å². The number of sulfone groups is 1. The number of furan rings is 1. The molecule has 0 saturated carbocycles. The molecule has 1 aliphatic heterocycles. The van der Waals surface area contributed by atoms with Gasteiger partial charge in [-0.2, -0.15) is 0 Å². The van der Waals surface area contributed by atoms with Crippen molar-refractivity contribution in [3.8, 4) is 11.3 Å². The van der Waals surface area contributed by atoms with Crippen LogP contribution in [0.25, 0.3) is 11.3 Å². The number of Topliss-reactive ketones (excluding diaryl/α,β-unsaturated/α-hetero) is 1. The summed E-state index contributed by atoms with van der Waals surface area (Å²) < 4.78 is 28.4. The molecular weight excluding hydrogens is 330 g/mol. The third-order valence-electron chi connectivity index (χ3n) is 3.97. The maximum absolute atomic E-state index is 12.2. The maximum atomic E-state index is 12.2. The Kier molecular flexibility index (Phi) is 4.28. The van der Waals surface area contributed by atoms with Crippen LogP contribution < -0.4 is 5.32 Å². The summed E-state index contributed by atoms with van der Waals surface area (Å²) in [4.78, 5) is 23.4. The average Bonchev–Trinajstić information content (AvgIpc) is 3.14. The molecular formula is C17H17NO5S. The number of hydrogen-bond donors (Lipinski definition) is 1. The first-order chi connectivity index (χ1) is 11.3. The van der Waals surface area contributed by atoms with E-state index in [4.69, 9.17) is 4.42 Å². The summed E-state index contributed by atoms with van der Waals surface area (Å²) in [6.07, 6.45) is 0.425. The smallest absolute Gasteiger partial charge is 0.287 e. The van der Waals surface area contributed by atoms with E-state index in [0.29, 0.717) is 17.7 Å². The van der Waals surface area contributed by atoms with Gasteiger partial charge in [-0.15, -0.1) is 0 Å². The van der Waals surface area contributed by atoms with E-state index in [1.165, 1.54) is 6.92 Å². The number of hydrogen-bond acceptors (Lipinski definition) is 5. The summed E-state index contributed by atoms with van der Waals surface area (Å²) in [5.41, 5.74) is 1.35. The first-order valence-corrected chi connectivity index (χ1v) is 9.39. The van der Waals surface area contributed by atoms with Gasteiger partial charge in [-0.25, -0.2) is 8.42 Å². The van der Waals surface area contributed by atoms with Gasteiger partial charge in [0.2, 0.25) is 0 Å². The van der Waals surface area contributed by atoms with Gasteiger partial charge < -0.3 is 9.73 Å². The number of ketones is 1. The lowest BCUT2D eigenvalue weighted by Gasteiger charge is -2.08. The standard InChI is InChI=1S/C17H17NO5S/c1-11(19)12-2-4-13(5-3-12)15-6-7-16(23-15)17(20)18-14-8-9-24(21,22)10-14/h2-7,14H,8-10H2,1H3,(H,18,20). The Morgan fingerprint density at radius 2 is 1.83 bits per heavy atom. The molecule has 2 aromatic rings. The Morgan fingerprint density at radius 1 is 1.12 bits per heavy atom. The van der Waals surface area contributed by atoms with Crippen molar-refractivity contribution in [2.24, 2.45) is 0 Å². The topological polar surface area (TPSA) is 93.5 Å². The molecule has 6 nitrogen and oxygen atoms in total. The van der Waals surface area contributed by atoms with Gasteiger partial charge in [0.05, 0.1) is 11.5 Å². The minimum Gasteiger partial charge on any atom is -0.451 e. The van der Waals surface area contributed by atoms with Crippen molar-refractivity contribution in [3.05, 3.63) is 47.7 Å². The normalized spacial score (nSPS) is 19.1. The fourth-order valence-corrected chi connectivity index (χ4v) is 4.32. The molecule has 1 saturated heterocycles. The Bertz CT molecular complexity index is 880. The van der Waals surface area contributed by atoms with Crippen LogP contribution in [0, 0.1) is 0 Å². The number of rotatable bonds is 4. The summed E-state index contributed by atoms with van der Waals surface area (Å²) in [7, 11) is -3.05. The summed E-state index contributed by atoms with van der Waals surface area (Å²) in [6.45, 7) is 1.49. The van der Waals surface area contributed by atoms with Gasteiger partial charge in [-0.3, -0.25) is 9.59 Å². The summed E-state index contributed by atoms with van der Waals surface area (Å²) >= 11 is 0. The van der Waals surface area contributed by atoms with Gasteiger partial charge >= 0.3 is 0 Å². The zero-order valence-corrected chi connectivity index (χ0v) is 13.9. The molecule has 1 aliphatic rings. The molecule has 1 aromatic heterocycles. The van der Waals surface area contributed by atoms with Crippen LogP contribution in [-0.4, -0.2) is 37.7 Å². The minimum atomic E-state index is -3.05. The van der Waals surface area contributed by atoms with Gasteiger partial charge in [-0.1, -0.05) is 24.3 Å². The molecule has 2 heterocycles. The highest BCUT2D eigenvalue weighted by atomic mass is 32.2. The molecule has 0 spiro atoms. The fourth-order valence-electron chi connectivity index (χ4n) is 2.65. The predicted octanol–water partition coefficient (Wildman–Crippen LogP) is 2.07. The van der Waals surface area contributed by atoms with Gasteiger partial charge in [0.1, 0.15) is 5.76 Å². The summed E-state index contributed by atoms with van der Waals surface area (Å²) in [5.74, 6) is 0.262. The van der Waals surface area contributed by atoms with Gasteiger partial charge in [0.25, 0.3) is 5.91 Å².